The number of hydrogen-bond donors (Lipinski definition) is 0. The van der Waals surface area contributed by atoms with Crippen LogP contribution in [0.3, 0.4) is 0 Å². The maximum atomic E-state index is 12.7. The molecule has 3 aromatic carbocycles. The Labute approximate surface area is 237 Å². The van der Waals surface area contributed by atoms with Crippen molar-refractivity contribution in [2.24, 2.45) is 5.41 Å². The van der Waals surface area contributed by atoms with Gasteiger partial charge in [-0.25, -0.2) is 4.58 Å². The van der Waals surface area contributed by atoms with E-state index in [1.54, 1.807) is 18.2 Å². The first kappa shape index (κ1) is 30.6. The van der Waals surface area contributed by atoms with Crippen molar-refractivity contribution in [3.8, 4) is 0 Å². The van der Waals surface area contributed by atoms with Crippen LogP contribution in [0, 0.1) is 17.9 Å². The molecule has 1 aliphatic heterocycles. The standard InChI is InChI=1S/C18H26N2O.C13H9O.BrH.Cu/c1-6-12-20-15(13-14-10-8-7-9-11-14)16(21)19(5)17(20)18(2,3)4;14-13(11-7-3-1-4-8-11)12-9-5-2-6-10-12;;/h6-12,15,17H,13H2,1-5H3;1-5,7-10H;1H;/q;-1;;+1/p-1/b20-12+;;;/t15-,17+;;;/m1.../s1. The third kappa shape index (κ3) is 8.43. The Hall–Kier alpha value is -2.66. The first-order chi connectivity index (χ1) is 17.7. The van der Waals surface area contributed by atoms with E-state index in [2.05, 4.69) is 78.1 Å². The third-order valence-corrected chi connectivity index (χ3v) is 6.01. The van der Waals surface area contributed by atoms with Crippen molar-refractivity contribution in [1.29, 1.82) is 0 Å². The molecule has 2 atom stereocenters. The molecule has 0 N–H and O–H groups in total. The van der Waals surface area contributed by atoms with Crippen LogP contribution < -0.4 is 0 Å². The first-order valence-electron chi connectivity index (χ1n) is 12.1. The number of nitrogens with zero attached hydrogens (tertiary/aromatic N) is 2. The summed E-state index contributed by atoms with van der Waals surface area (Å²) in [5.41, 5.74) is 2.61. The number of likely N-dealkylation sites (N-methyl/N-ethyl adjacent to an activating group) is 1. The van der Waals surface area contributed by atoms with Crippen molar-refractivity contribution >= 4 is 32.0 Å². The van der Waals surface area contributed by atoms with Crippen LogP contribution in [0.1, 0.15) is 49.2 Å². The summed E-state index contributed by atoms with van der Waals surface area (Å²) in [7, 11) is 1.92. The summed E-state index contributed by atoms with van der Waals surface area (Å²) in [6, 6.07) is 29.4. The van der Waals surface area contributed by atoms with Gasteiger partial charge in [-0.15, -0.1) is 0 Å². The Morgan fingerprint density at radius 3 is 2.11 bits per heavy atom. The summed E-state index contributed by atoms with van der Waals surface area (Å²) in [6.07, 6.45) is 4.92. The van der Waals surface area contributed by atoms with Crippen LogP contribution in [-0.2, 0) is 25.4 Å². The molecular formula is C31H35BrCuN2O2-. The number of halogens is 1. The van der Waals surface area contributed by atoms with Crippen molar-refractivity contribution < 1.29 is 28.4 Å². The SMILES string of the molecule is C[CH-]/C=[N+]1\[C@H](Cc2ccccc2)C(=O)N(C)[C@@H]1C(C)(C)C.O=C(c1c[c-]ccc1)c1ccccc1.[Cu][Br]. The number of hydrogen-bond acceptors (Lipinski definition) is 2. The second kappa shape index (κ2) is 14.9. The van der Waals surface area contributed by atoms with Crippen LogP contribution in [0.5, 0.6) is 0 Å². The minimum absolute atomic E-state index is 0.00928. The predicted molar refractivity (Wildman–Crippen MR) is 150 cm³/mol. The molecule has 6 heteroatoms. The third-order valence-electron chi connectivity index (χ3n) is 6.01. The molecular weight excluding hydrogens is 576 g/mol. The molecule has 1 heterocycles. The topological polar surface area (TPSA) is 40.4 Å². The molecule has 1 saturated heterocycles. The molecule has 0 saturated carbocycles. The molecule has 0 unspecified atom stereocenters. The van der Waals surface area contributed by atoms with Gasteiger partial charge in [-0.3, -0.25) is 9.69 Å². The van der Waals surface area contributed by atoms with Gasteiger partial charge in [0.05, 0.1) is 0 Å². The van der Waals surface area contributed by atoms with Gasteiger partial charge >= 0.3 is 28.3 Å². The monoisotopic (exact) mass is 609 g/mol. The van der Waals surface area contributed by atoms with Gasteiger partial charge in [0.25, 0.3) is 5.91 Å². The van der Waals surface area contributed by atoms with E-state index in [0.717, 1.165) is 6.42 Å². The second-order valence-corrected chi connectivity index (χ2v) is 9.81. The van der Waals surface area contributed by atoms with E-state index in [1.165, 1.54) is 5.56 Å². The van der Waals surface area contributed by atoms with Crippen molar-refractivity contribution in [3.63, 3.8) is 0 Å². The zero-order chi connectivity index (χ0) is 27.4. The van der Waals surface area contributed by atoms with E-state index >= 15 is 0 Å². The Bertz CT molecular complexity index is 1100. The summed E-state index contributed by atoms with van der Waals surface area (Å²) in [5, 5.41) is 0. The summed E-state index contributed by atoms with van der Waals surface area (Å²) in [4.78, 5) is 26.4. The molecule has 0 spiro atoms. The van der Waals surface area contributed by atoms with E-state index in [4.69, 9.17) is 0 Å². The van der Waals surface area contributed by atoms with Gasteiger partial charge in [0, 0.05) is 30.7 Å². The summed E-state index contributed by atoms with van der Waals surface area (Å²) < 4.78 is 2.22. The number of rotatable bonds is 5. The van der Waals surface area contributed by atoms with Crippen LogP contribution in [0.4, 0.5) is 0 Å². The maximum absolute atomic E-state index is 12.7. The Balaban J connectivity index is 0.000000260. The molecule has 1 fully saturated rings. The molecule has 1 aliphatic rings. The Morgan fingerprint density at radius 1 is 1.03 bits per heavy atom. The van der Waals surface area contributed by atoms with Gasteiger partial charge in [0.1, 0.15) is 5.78 Å². The fourth-order valence-electron chi connectivity index (χ4n) is 4.56. The van der Waals surface area contributed by atoms with E-state index in [0.29, 0.717) is 11.1 Å². The Morgan fingerprint density at radius 2 is 1.59 bits per heavy atom. The van der Waals surface area contributed by atoms with E-state index in [-0.39, 0.29) is 29.3 Å². The van der Waals surface area contributed by atoms with Gasteiger partial charge < -0.3 is 11.2 Å². The first-order valence-corrected chi connectivity index (χ1v) is 14.4. The van der Waals surface area contributed by atoms with Crippen LogP contribution >= 0.6 is 14.1 Å². The van der Waals surface area contributed by atoms with Crippen molar-refractivity contribution in [2.45, 2.75) is 46.3 Å². The number of amides is 1. The second-order valence-electron chi connectivity index (χ2n) is 9.81. The molecule has 0 radical (unpaired) electrons. The number of ketones is 1. The van der Waals surface area contributed by atoms with Crippen LogP contribution in [0.25, 0.3) is 0 Å². The normalized spacial score (nSPS) is 17.9. The molecule has 0 bridgehead atoms. The van der Waals surface area contributed by atoms with Gasteiger partial charge in [0.2, 0.25) is 12.2 Å². The van der Waals surface area contributed by atoms with Crippen LogP contribution in [0.2, 0.25) is 0 Å². The Kier molecular flexibility index (Phi) is 12.3. The van der Waals surface area contributed by atoms with E-state index < -0.39 is 0 Å². The minimum atomic E-state index is -0.113. The van der Waals surface area contributed by atoms with Crippen LogP contribution in [0.15, 0.2) is 84.9 Å². The molecule has 1 amide bonds. The average molecular weight is 611 g/mol. The van der Waals surface area contributed by atoms with Gasteiger partial charge in [-0.05, 0) is 5.56 Å². The van der Waals surface area contributed by atoms with Gasteiger partial charge in [0.15, 0.2) is 0 Å². The summed E-state index contributed by atoms with van der Waals surface area (Å²) in [5.74, 6) is 0.249. The zero-order valence-corrected chi connectivity index (χ0v) is 24.5. The fourth-order valence-corrected chi connectivity index (χ4v) is 4.56. The predicted octanol–water partition coefficient (Wildman–Crippen LogP) is 6.31. The average Bonchev–Trinajstić information content (AvgIpc) is 3.16. The summed E-state index contributed by atoms with van der Waals surface area (Å²) in [6.45, 7) is 8.55. The molecule has 0 aromatic heterocycles. The van der Waals surface area contributed by atoms with Crippen molar-refractivity contribution in [2.75, 3.05) is 7.05 Å². The molecule has 37 heavy (non-hydrogen) atoms. The van der Waals surface area contributed by atoms with Crippen LogP contribution in [-0.4, -0.2) is 46.6 Å². The quantitative estimate of drug-likeness (QED) is 0.147. The zero-order valence-electron chi connectivity index (χ0n) is 22.0. The molecule has 3 aromatic rings. The molecule has 4 nitrogen and oxygen atoms in total. The van der Waals surface area contributed by atoms with Gasteiger partial charge in [-0.1, -0.05) is 87.0 Å². The number of benzene rings is 3. The van der Waals surface area contributed by atoms with E-state index in [9.17, 15) is 9.59 Å². The summed E-state index contributed by atoms with van der Waals surface area (Å²) >= 11 is 6.50. The van der Waals surface area contributed by atoms with E-state index in [1.807, 2.05) is 79.9 Å². The fraction of sp³-hybridized carbons (Fsp3) is 0.290. The number of carbonyl (C=O) groups is 2. The molecule has 200 valence electrons. The number of carbonyl (C=O) groups excluding carboxylic acids is 2. The molecule has 4 rings (SSSR count). The van der Waals surface area contributed by atoms with Gasteiger partial charge in [-0.2, -0.15) is 37.3 Å². The van der Waals surface area contributed by atoms with Crippen molar-refractivity contribution in [1.82, 2.24) is 4.90 Å². The molecule has 0 aliphatic carbocycles. The van der Waals surface area contributed by atoms with Crippen molar-refractivity contribution in [3.05, 3.63) is 114 Å².